The first-order chi connectivity index (χ1) is 16.1. The molecule has 0 radical (unpaired) electrons. The molecule has 0 spiro atoms. The van der Waals surface area contributed by atoms with Crippen LogP contribution in [0.1, 0.15) is 43.1 Å². The van der Waals surface area contributed by atoms with Crippen LogP contribution in [0.2, 0.25) is 0 Å². The molecule has 2 rings (SSSR count). The largest absolute Gasteiger partial charge is 0.469 e. The van der Waals surface area contributed by atoms with Gasteiger partial charge in [-0.3, -0.25) is 14.1 Å². The molecule has 1 aromatic heterocycles. The lowest BCUT2D eigenvalue weighted by atomic mass is 10.1. The number of phosphoric ester groups is 1. The molecule has 1 amide bonds. The minimum absolute atomic E-state index is 0.0380. The molecule has 0 saturated carbocycles. The van der Waals surface area contributed by atoms with E-state index in [1.165, 1.54) is 11.1 Å². The maximum Gasteiger partial charge on any atom is 0.469 e. The van der Waals surface area contributed by atoms with Gasteiger partial charge in [0.2, 0.25) is 6.41 Å². The van der Waals surface area contributed by atoms with Crippen LogP contribution in [-0.2, 0) is 31.6 Å². The molecule has 1 aromatic carbocycles. The molecular formula is C22H29N4O6PS. The molecule has 0 fully saturated rings. The number of benzene rings is 1. The number of anilines is 1. The Labute approximate surface area is 202 Å². The second-order valence-electron chi connectivity index (χ2n) is 7.46. The molecule has 12 heteroatoms. The molecule has 184 valence electrons. The summed E-state index contributed by atoms with van der Waals surface area (Å²) in [7, 11) is -4.67. The predicted octanol–water partition coefficient (Wildman–Crippen LogP) is 3.34. The number of carbonyl (C=O) groups is 2. The molecule has 0 aliphatic rings. The van der Waals surface area contributed by atoms with Gasteiger partial charge in [-0.05, 0) is 32.3 Å². The van der Waals surface area contributed by atoms with Crippen molar-refractivity contribution in [3.8, 4) is 0 Å². The topological polar surface area (TPSA) is 156 Å². The van der Waals surface area contributed by atoms with Crippen molar-refractivity contribution in [2.45, 2.75) is 46.1 Å². The second kappa shape index (κ2) is 13.4. The van der Waals surface area contributed by atoms with Crippen LogP contribution in [0.15, 0.2) is 47.1 Å². The number of thioether (sulfide) groups is 1. The molecule has 0 aliphatic carbocycles. The molecule has 34 heavy (non-hydrogen) atoms. The Kier molecular flexibility index (Phi) is 10.9. The lowest BCUT2D eigenvalue weighted by Crippen LogP contribution is -2.22. The van der Waals surface area contributed by atoms with Gasteiger partial charge in [-0.15, -0.1) is 0 Å². The summed E-state index contributed by atoms with van der Waals surface area (Å²) in [6, 6.07) is 9.80. The molecule has 0 aliphatic heterocycles. The lowest BCUT2D eigenvalue weighted by Gasteiger charge is -2.22. The van der Waals surface area contributed by atoms with Crippen LogP contribution in [0.4, 0.5) is 5.82 Å². The molecular weight excluding hydrogens is 479 g/mol. The van der Waals surface area contributed by atoms with Gasteiger partial charge in [0.1, 0.15) is 11.6 Å². The number of aryl methyl sites for hydroxylation is 2. The first kappa shape index (κ1) is 27.7. The standard InChI is InChI=1S/C22H29N4O6PS/c1-16(26(15-27)14-19-13-24-17(2)25-22(19)23)20(11-12-32-33(29,30)31)34-21(28)10-6-9-18-7-4-3-5-8-18/h3-5,7-8,13,15H,6,9-12,14H2,1-2H3,(H2,23,24,25)(H2,29,30,31)/b20-16-. The molecule has 4 N–H and O–H groups in total. The third kappa shape index (κ3) is 9.74. The van der Waals surface area contributed by atoms with Crippen LogP contribution in [0.3, 0.4) is 0 Å². The smallest absolute Gasteiger partial charge is 0.383 e. The van der Waals surface area contributed by atoms with Crippen LogP contribution in [0.25, 0.3) is 0 Å². The summed E-state index contributed by atoms with van der Waals surface area (Å²) in [6.07, 6.45) is 3.86. The highest BCUT2D eigenvalue weighted by molar-refractivity contribution is 8.16. The summed E-state index contributed by atoms with van der Waals surface area (Å²) in [6.45, 7) is 3.11. The quantitative estimate of drug-likeness (QED) is 0.271. The van der Waals surface area contributed by atoms with Gasteiger partial charge < -0.3 is 20.4 Å². The van der Waals surface area contributed by atoms with E-state index in [2.05, 4.69) is 14.5 Å². The number of phosphoric acid groups is 1. The van der Waals surface area contributed by atoms with Crippen LogP contribution in [-0.4, -0.2) is 42.8 Å². The van der Waals surface area contributed by atoms with Gasteiger partial charge in [-0.2, -0.15) is 0 Å². The van der Waals surface area contributed by atoms with Crippen molar-refractivity contribution in [3.05, 3.63) is 64.1 Å². The van der Waals surface area contributed by atoms with Gasteiger partial charge in [-0.1, -0.05) is 42.1 Å². The zero-order valence-electron chi connectivity index (χ0n) is 19.1. The Morgan fingerprint density at radius 1 is 1.26 bits per heavy atom. The molecule has 0 unspecified atom stereocenters. The Morgan fingerprint density at radius 2 is 1.97 bits per heavy atom. The van der Waals surface area contributed by atoms with Gasteiger partial charge in [-0.25, -0.2) is 14.5 Å². The number of nitrogens with two attached hydrogens (primary N) is 1. The van der Waals surface area contributed by atoms with E-state index in [1.807, 2.05) is 30.3 Å². The van der Waals surface area contributed by atoms with Gasteiger partial charge in [0.05, 0.1) is 13.2 Å². The summed E-state index contributed by atoms with van der Waals surface area (Å²) in [5.74, 6) is 0.737. The number of hydrogen-bond donors (Lipinski definition) is 3. The maximum atomic E-state index is 12.7. The van der Waals surface area contributed by atoms with Gasteiger partial charge >= 0.3 is 7.82 Å². The van der Waals surface area contributed by atoms with Gasteiger partial charge in [0.15, 0.2) is 5.12 Å². The predicted molar refractivity (Wildman–Crippen MR) is 130 cm³/mol. The summed E-state index contributed by atoms with van der Waals surface area (Å²) < 4.78 is 15.6. The number of rotatable bonds is 13. The fourth-order valence-electron chi connectivity index (χ4n) is 3.05. The first-order valence-electron chi connectivity index (χ1n) is 10.5. The van der Waals surface area contributed by atoms with E-state index >= 15 is 0 Å². The number of carbonyl (C=O) groups excluding carboxylic acids is 2. The van der Waals surface area contributed by atoms with Crippen molar-refractivity contribution in [2.24, 2.45) is 0 Å². The van der Waals surface area contributed by atoms with Crippen molar-refractivity contribution in [2.75, 3.05) is 12.3 Å². The molecule has 2 aromatic rings. The molecule has 0 bridgehead atoms. The van der Waals surface area contributed by atoms with Crippen molar-refractivity contribution in [1.82, 2.24) is 14.9 Å². The fourth-order valence-corrected chi connectivity index (χ4v) is 4.35. The zero-order valence-corrected chi connectivity index (χ0v) is 20.8. The molecule has 0 saturated heterocycles. The highest BCUT2D eigenvalue weighted by Crippen LogP contribution is 2.37. The Hall–Kier alpha value is -2.56. The third-order valence-electron chi connectivity index (χ3n) is 4.84. The minimum atomic E-state index is -4.67. The van der Waals surface area contributed by atoms with Crippen LogP contribution < -0.4 is 5.73 Å². The summed E-state index contributed by atoms with van der Waals surface area (Å²) in [5, 5.41) is -0.120. The maximum absolute atomic E-state index is 12.7. The number of amides is 1. The van der Waals surface area contributed by atoms with E-state index in [4.69, 9.17) is 15.5 Å². The highest BCUT2D eigenvalue weighted by atomic mass is 32.2. The third-order valence-corrected chi connectivity index (χ3v) is 6.53. The van der Waals surface area contributed by atoms with Gasteiger partial charge in [0, 0.05) is 35.2 Å². The first-order valence-corrected chi connectivity index (χ1v) is 12.9. The second-order valence-corrected chi connectivity index (χ2v) is 9.85. The SMILES string of the molecule is C/C(=C(\CCOP(=O)(O)O)SC(=O)CCCc1ccccc1)N(C=O)Cc1cnc(C)nc1N. The number of nitrogens with zero attached hydrogens (tertiary/aromatic N) is 3. The van der Waals surface area contributed by atoms with E-state index in [0.717, 1.165) is 23.7 Å². The van der Waals surface area contributed by atoms with E-state index in [-0.39, 0.29) is 30.5 Å². The number of hydrogen-bond acceptors (Lipinski definition) is 8. The van der Waals surface area contributed by atoms with Crippen LogP contribution in [0.5, 0.6) is 0 Å². The van der Waals surface area contributed by atoms with E-state index in [0.29, 0.717) is 41.2 Å². The average molecular weight is 509 g/mol. The fraction of sp³-hybridized carbons (Fsp3) is 0.364. The normalized spacial score (nSPS) is 12.2. The molecule has 1 heterocycles. The Balaban J connectivity index is 2.13. The number of allylic oxidation sites excluding steroid dienone is 1. The summed E-state index contributed by atoms with van der Waals surface area (Å²) in [5.41, 5.74) is 8.05. The van der Waals surface area contributed by atoms with Crippen LogP contribution in [0, 0.1) is 6.92 Å². The van der Waals surface area contributed by atoms with Crippen molar-refractivity contribution in [1.29, 1.82) is 0 Å². The molecule has 0 atom stereocenters. The average Bonchev–Trinajstić information content (AvgIpc) is 2.77. The van der Waals surface area contributed by atoms with E-state index in [1.54, 1.807) is 13.8 Å². The minimum Gasteiger partial charge on any atom is -0.383 e. The molecule has 10 nitrogen and oxygen atoms in total. The summed E-state index contributed by atoms with van der Waals surface area (Å²) >= 11 is 0.944. The van der Waals surface area contributed by atoms with Gasteiger partial charge in [0.25, 0.3) is 0 Å². The van der Waals surface area contributed by atoms with E-state index < -0.39 is 7.82 Å². The van der Waals surface area contributed by atoms with Crippen molar-refractivity contribution in [3.63, 3.8) is 0 Å². The number of nitrogen functional groups attached to an aromatic ring is 1. The zero-order chi connectivity index (χ0) is 25.1. The lowest BCUT2D eigenvalue weighted by molar-refractivity contribution is -0.117. The Morgan fingerprint density at radius 3 is 2.59 bits per heavy atom. The number of aromatic nitrogens is 2. The van der Waals surface area contributed by atoms with E-state index in [9.17, 15) is 14.2 Å². The monoisotopic (exact) mass is 508 g/mol. The van der Waals surface area contributed by atoms with Crippen molar-refractivity contribution < 1.29 is 28.5 Å². The highest BCUT2D eigenvalue weighted by Gasteiger charge is 2.19. The Bertz CT molecular complexity index is 1060. The van der Waals surface area contributed by atoms with Crippen LogP contribution >= 0.6 is 19.6 Å². The van der Waals surface area contributed by atoms with Crippen molar-refractivity contribution >= 4 is 36.9 Å². The summed E-state index contributed by atoms with van der Waals surface area (Å²) in [4.78, 5) is 52.5.